The summed E-state index contributed by atoms with van der Waals surface area (Å²) in [4.78, 5) is 27.8. The van der Waals surface area contributed by atoms with Crippen molar-refractivity contribution >= 4 is 23.4 Å². The van der Waals surface area contributed by atoms with E-state index in [4.69, 9.17) is 21.1 Å². The molecule has 0 fully saturated rings. The van der Waals surface area contributed by atoms with Gasteiger partial charge in [-0.2, -0.15) is 0 Å². The van der Waals surface area contributed by atoms with Gasteiger partial charge in [0.2, 0.25) is 11.8 Å². The molecule has 6 nitrogen and oxygen atoms in total. The van der Waals surface area contributed by atoms with Gasteiger partial charge < -0.3 is 19.7 Å². The molecule has 2 amide bonds. The van der Waals surface area contributed by atoms with Crippen LogP contribution in [0.15, 0.2) is 42.5 Å². The normalized spacial score (nSPS) is 12.5. The smallest absolute Gasteiger partial charge is 0.242 e. The fraction of sp³-hybridized carbons (Fsp3) is 0.481. The molecule has 2 atom stereocenters. The molecular weight excluding hydrogens is 452 g/mol. The zero-order chi connectivity index (χ0) is 25.1. The van der Waals surface area contributed by atoms with E-state index in [1.54, 1.807) is 24.0 Å². The third-order valence-electron chi connectivity index (χ3n) is 5.67. The lowest BCUT2D eigenvalue weighted by molar-refractivity contribution is -0.140. The number of carbonyl (C=O) groups excluding carboxylic acids is 2. The highest BCUT2D eigenvalue weighted by Gasteiger charge is 2.26. The van der Waals surface area contributed by atoms with Crippen molar-refractivity contribution < 1.29 is 19.1 Å². The Morgan fingerprint density at radius 2 is 1.56 bits per heavy atom. The predicted molar refractivity (Wildman–Crippen MR) is 136 cm³/mol. The molecule has 2 aromatic rings. The molecule has 0 radical (unpaired) electrons. The Balaban J connectivity index is 2.17. The molecule has 0 spiro atoms. The van der Waals surface area contributed by atoms with Crippen LogP contribution in [0.25, 0.3) is 0 Å². The quantitative estimate of drug-likeness (QED) is 0.409. The lowest BCUT2D eigenvalue weighted by Crippen LogP contribution is -2.49. The monoisotopic (exact) mass is 488 g/mol. The number of nitrogens with zero attached hydrogens (tertiary/aromatic N) is 1. The molecule has 0 saturated carbocycles. The summed E-state index contributed by atoms with van der Waals surface area (Å²) in [6.45, 7) is 11.0. The molecule has 0 aromatic heterocycles. The number of hydrogen-bond donors (Lipinski definition) is 1. The Morgan fingerprint density at radius 1 is 0.941 bits per heavy atom. The van der Waals surface area contributed by atoms with Crippen molar-refractivity contribution in [2.45, 2.75) is 72.5 Å². The molecule has 0 saturated heterocycles. The van der Waals surface area contributed by atoms with Gasteiger partial charge in [0.1, 0.15) is 6.04 Å². The van der Waals surface area contributed by atoms with Gasteiger partial charge in [-0.05, 0) is 75.9 Å². The van der Waals surface area contributed by atoms with Crippen LogP contribution in [0.5, 0.6) is 11.5 Å². The van der Waals surface area contributed by atoms with Gasteiger partial charge in [0.25, 0.3) is 0 Å². The first-order valence-corrected chi connectivity index (χ1v) is 12.4. The van der Waals surface area contributed by atoms with Crippen molar-refractivity contribution in [3.63, 3.8) is 0 Å². The van der Waals surface area contributed by atoms with Gasteiger partial charge in [0.05, 0.1) is 13.2 Å². The standard InChI is InChI=1S/C27H37ClN2O4/c1-6-19(4)29-27(32)20(5)30(18-22-9-13-23(28)14-10-22)26(31)16-12-21-11-15-24(33-7-2)25(17-21)34-8-3/h9-11,13-15,17,19-20H,6-8,12,16,18H2,1-5H3,(H,29,32)/t19-,20-/m1/s1. The number of rotatable bonds is 13. The number of benzene rings is 2. The van der Waals surface area contributed by atoms with Crippen LogP contribution >= 0.6 is 11.6 Å². The summed E-state index contributed by atoms with van der Waals surface area (Å²) in [5.74, 6) is 1.12. The lowest BCUT2D eigenvalue weighted by atomic mass is 10.1. The van der Waals surface area contributed by atoms with Crippen LogP contribution in [0, 0.1) is 0 Å². The first-order valence-electron chi connectivity index (χ1n) is 12.0. The van der Waals surface area contributed by atoms with Crippen LogP contribution in [-0.2, 0) is 22.6 Å². The van der Waals surface area contributed by atoms with Crippen molar-refractivity contribution in [1.29, 1.82) is 0 Å². The molecular formula is C27H37ClN2O4. The predicted octanol–water partition coefficient (Wildman–Crippen LogP) is 5.40. The maximum Gasteiger partial charge on any atom is 0.242 e. The van der Waals surface area contributed by atoms with Crippen molar-refractivity contribution in [1.82, 2.24) is 10.2 Å². The third-order valence-corrected chi connectivity index (χ3v) is 5.92. The van der Waals surface area contributed by atoms with E-state index >= 15 is 0 Å². The largest absolute Gasteiger partial charge is 0.490 e. The highest BCUT2D eigenvalue weighted by molar-refractivity contribution is 6.30. The van der Waals surface area contributed by atoms with E-state index < -0.39 is 6.04 Å². The summed E-state index contributed by atoms with van der Waals surface area (Å²) >= 11 is 6.02. The highest BCUT2D eigenvalue weighted by Crippen LogP contribution is 2.29. The number of ether oxygens (including phenoxy) is 2. The molecule has 7 heteroatoms. The SMILES string of the molecule is CCOc1ccc(CCC(=O)N(Cc2ccc(Cl)cc2)[C@H](C)C(=O)N[C@H](C)CC)cc1OCC. The first kappa shape index (κ1) is 27.5. The van der Waals surface area contributed by atoms with Crippen molar-refractivity contribution in [3.8, 4) is 11.5 Å². The summed E-state index contributed by atoms with van der Waals surface area (Å²) in [6.07, 6.45) is 1.62. The zero-order valence-electron chi connectivity index (χ0n) is 20.9. The molecule has 2 aromatic carbocycles. The topological polar surface area (TPSA) is 67.9 Å². The second kappa shape index (κ2) is 13.9. The number of aryl methyl sites for hydroxylation is 1. The number of hydrogen-bond acceptors (Lipinski definition) is 4. The Kier molecular flexibility index (Phi) is 11.2. The highest BCUT2D eigenvalue weighted by atomic mass is 35.5. The summed E-state index contributed by atoms with van der Waals surface area (Å²) in [7, 11) is 0. The van der Waals surface area contributed by atoms with Crippen molar-refractivity contribution in [3.05, 3.63) is 58.6 Å². The van der Waals surface area contributed by atoms with Gasteiger partial charge in [-0.15, -0.1) is 0 Å². The van der Waals surface area contributed by atoms with E-state index in [1.807, 2.05) is 58.0 Å². The van der Waals surface area contributed by atoms with E-state index in [1.165, 1.54) is 0 Å². The first-order chi connectivity index (χ1) is 16.3. The number of nitrogens with one attached hydrogen (secondary N) is 1. The van der Waals surface area contributed by atoms with Crippen LogP contribution in [0.3, 0.4) is 0 Å². The Morgan fingerprint density at radius 3 is 2.18 bits per heavy atom. The van der Waals surface area contributed by atoms with E-state index in [0.717, 1.165) is 17.5 Å². The minimum Gasteiger partial charge on any atom is -0.490 e. The Labute approximate surface area is 208 Å². The van der Waals surface area contributed by atoms with Gasteiger partial charge in [-0.1, -0.05) is 36.7 Å². The molecule has 0 unspecified atom stereocenters. The molecule has 0 aliphatic rings. The second-order valence-corrected chi connectivity index (χ2v) is 8.73. The fourth-order valence-corrected chi connectivity index (χ4v) is 3.61. The zero-order valence-corrected chi connectivity index (χ0v) is 21.7. The van der Waals surface area contributed by atoms with Gasteiger partial charge in [-0.3, -0.25) is 9.59 Å². The number of halogens is 1. The van der Waals surface area contributed by atoms with E-state index in [9.17, 15) is 9.59 Å². The molecule has 0 heterocycles. The van der Waals surface area contributed by atoms with E-state index in [-0.39, 0.29) is 24.3 Å². The Hall–Kier alpha value is -2.73. The number of carbonyl (C=O) groups is 2. The van der Waals surface area contributed by atoms with Crippen LogP contribution in [0.2, 0.25) is 5.02 Å². The molecule has 34 heavy (non-hydrogen) atoms. The van der Waals surface area contributed by atoms with E-state index in [2.05, 4.69) is 5.32 Å². The maximum absolute atomic E-state index is 13.3. The van der Waals surface area contributed by atoms with Crippen molar-refractivity contribution in [2.75, 3.05) is 13.2 Å². The maximum atomic E-state index is 13.3. The summed E-state index contributed by atoms with van der Waals surface area (Å²) < 4.78 is 11.3. The average molecular weight is 489 g/mol. The Bertz CT molecular complexity index is 933. The lowest BCUT2D eigenvalue weighted by Gasteiger charge is -2.30. The molecule has 0 aliphatic heterocycles. The molecule has 0 bridgehead atoms. The average Bonchev–Trinajstić information content (AvgIpc) is 2.83. The summed E-state index contributed by atoms with van der Waals surface area (Å²) in [5, 5.41) is 3.62. The second-order valence-electron chi connectivity index (χ2n) is 8.29. The van der Waals surface area contributed by atoms with Crippen LogP contribution in [0.4, 0.5) is 0 Å². The van der Waals surface area contributed by atoms with Crippen LogP contribution < -0.4 is 14.8 Å². The molecule has 1 N–H and O–H groups in total. The van der Waals surface area contributed by atoms with Gasteiger partial charge in [0, 0.05) is 24.0 Å². The minimum atomic E-state index is -0.600. The van der Waals surface area contributed by atoms with Gasteiger partial charge in [0.15, 0.2) is 11.5 Å². The fourth-order valence-electron chi connectivity index (χ4n) is 3.48. The molecule has 2 rings (SSSR count). The molecule has 186 valence electrons. The van der Waals surface area contributed by atoms with Crippen LogP contribution in [0.1, 0.15) is 58.6 Å². The summed E-state index contributed by atoms with van der Waals surface area (Å²) in [5.41, 5.74) is 1.89. The molecule has 0 aliphatic carbocycles. The van der Waals surface area contributed by atoms with Crippen molar-refractivity contribution in [2.24, 2.45) is 0 Å². The van der Waals surface area contributed by atoms with Crippen LogP contribution in [-0.4, -0.2) is 42.0 Å². The van der Waals surface area contributed by atoms with Gasteiger partial charge in [-0.25, -0.2) is 0 Å². The third kappa shape index (κ3) is 8.24. The van der Waals surface area contributed by atoms with Gasteiger partial charge >= 0.3 is 0 Å². The summed E-state index contributed by atoms with van der Waals surface area (Å²) in [6, 6.07) is 12.5. The minimum absolute atomic E-state index is 0.0447. The van der Waals surface area contributed by atoms with E-state index in [0.29, 0.717) is 42.7 Å². The number of amides is 2.